The molecule has 1 aromatic rings. The second-order valence-electron chi connectivity index (χ2n) is 4.51. The summed E-state index contributed by atoms with van der Waals surface area (Å²) in [5, 5.41) is 8.06. The van der Waals surface area contributed by atoms with Gasteiger partial charge in [0.1, 0.15) is 0 Å². The molecule has 0 radical (unpaired) electrons. The van der Waals surface area contributed by atoms with E-state index >= 15 is 0 Å². The Balaban J connectivity index is 2.16. The molecule has 2 rings (SSSR count). The van der Waals surface area contributed by atoms with E-state index in [0.29, 0.717) is 18.0 Å². The van der Waals surface area contributed by atoms with E-state index in [1.807, 2.05) is 24.8 Å². The van der Waals surface area contributed by atoms with Crippen LogP contribution in [0, 0.1) is 12.8 Å². The lowest BCUT2D eigenvalue weighted by molar-refractivity contribution is 0.0513. The van der Waals surface area contributed by atoms with E-state index in [-0.39, 0.29) is 5.91 Å². The predicted octanol–water partition coefficient (Wildman–Crippen LogP) is 0.378. The number of carbonyl (C=O) groups excluding carboxylic acids is 1. The first kappa shape index (κ1) is 12.0. The standard InChI is InChI=1S/C12H18N4O/c1-3-11-10(4-8(2)14-15-11)12(17)16-6-9(5-13)7-16/h4,9H,3,5-7,13H2,1-2H3. The number of likely N-dealkylation sites (tertiary alicyclic amines) is 1. The van der Waals surface area contributed by atoms with Crippen LogP contribution >= 0.6 is 0 Å². The van der Waals surface area contributed by atoms with Gasteiger partial charge >= 0.3 is 0 Å². The van der Waals surface area contributed by atoms with Crippen molar-refractivity contribution in [2.24, 2.45) is 11.7 Å². The molecule has 1 fully saturated rings. The van der Waals surface area contributed by atoms with E-state index < -0.39 is 0 Å². The molecular weight excluding hydrogens is 216 g/mol. The Kier molecular flexibility index (Phi) is 3.38. The Bertz CT molecular complexity index is 427. The van der Waals surface area contributed by atoms with E-state index in [0.717, 1.165) is 30.9 Å². The van der Waals surface area contributed by atoms with Crippen LogP contribution in [0.3, 0.4) is 0 Å². The number of rotatable bonds is 3. The Morgan fingerprint density at radius 1 is 1.53 bits per heavy atom. The van der Waals surface area contributed by atoms with Crippen molar-refractivity contribution < 1.29 is 4.79 Å². The average Bonchev–Trinajstić information content (AvgIpc) is 2.27. The molecule has 17 heavy (non-hydrogen) atoms. The fraction of sp³-hybridized carbons (Fsp3) is 0.583. The number of aromatic nitrogens is 2. The molecule has 2 N–H and O–H groups in total. The molecule has 2 heterocycles. The van der Waals surface area contributed by atoms with E-state index in [4.69, 9.17) is 5.73 Å². The first-order valence-electron chi connectivity index (χ1n) is 5.98. The summed E-state index contributed by atoms with van der Waals surface area (Å²) < 4.78 is 0. The highest BCUT2D eigenvalue weighted by atomic mass is 16.2. The first-order valence-corrected chi connectivity index (χ1v) is 5.98. The maximum Gasteiger partial charge on any atom is 0.255 e. The lowest BCUT2D eigenvalue weighted by atomic mass is 9.98. The van der Waals surface area contributed by atoms with Crippen LogP contribution in [-0.2, 0) is 6.42 Å². The number of nitrogens with two attached hydrogens (primary N) is 1. The molecule has 0 aliphatic carbocycles. The Hall–Kier alpha value is -1.49. The van der Waals surface area contributed by atoms with Crippen molar-refractivity contribution in [2.75, 3.05) is 19.6 Å². The number of hydrogen-bond donors (Lipinski definition) is 1. The van der Waals surface area contributed by atoms with Gasteiger partial charge in [0.05, 0.1) is 17.0 Å². The summed E-state index contributed by atoms with van der Waals surface area (Å²) in [6.45, 7) is 6.01. The third kappa shape index (κ3) is 2.29. The molecule has 0 saturated carbocycles. The van der Waals surface area contributed by atoms with Crippen LogP contribution in [0.2, 0.25) is 0 Å². The Morgan fingerprint density at radius 3 is 2.82 bits per heavy atom. The molecule has 1 amide bonds. The molecule has 0 unspecified atom stereocenters. The van der Waals surface area contributed by atoms with Crippen molar-refractivity contribution in [3.63, 3.8) is 0 Å². The molecular formula is C12H18N4O. The molecule has 0 aromatic carbocycles. The molecule has 5 heteroatoms. The number of amides is 1. The van der Waals surface area contributed by atoms with Crippen LogP contribution in [0.25, 0.3) is 0 Å². The zero-order valence-electron chi connectivity index (χ0n) is 10.3. The lowest BCUT2D eigenvalue weighted by Crippen LogP contribution is -2.52. The number of aryl methyl sites for hydroxylation is 2. The van der Waals surface area contributed by atoms with Gasteiger partial charge in [0.25, 0.3) is 5.91 Å². The first-order chi connectivity index (χ1) is 8.15. The normalized spacial score (nSPS) is 15.8. The summed E-state index contributed by atoms with van der Waals surface area (Å²) in [6.07, 6.45) is 0.725. The van der Waals surface area contributed by atoms with Crippen molar-refractivity contribution in [3.05, 3.63) is 23.0 Å². The van der Waals surface area contributed by atoms with Gasteiger partial charge in [0.15, 0.2) is 0 Å². The Morgan fingerprint density at radius 2 is 2.24 bits per heavy atom. The van der Waals surface area contributed by atoms with Gasteiger partial charge in [-0.25, -0.2) is 0 Å². The topological polar surface area (TPSA) is 72.1 Å². The highest BCUT2D eigenvalue weighted by Crippen LogP contribution is 2.19. The molecule has 1 aliphatic heterocycles. The van der Waals surface area contributed by atoms with E-state index in [2.05, 4.69) is 10.2 Å². The fourth-order valence-electron chi connectivity index (χ4n) is 2.02. The minimum Gasteiger partial charge on any atom is -0.338 e. The van der Waals surface area contributed by atoms with E-state index in [1.54, 1.807) is 0 Å². The molecule has 92 valence electrons. The zero-order valence-corrected chi connectivity index (χ0v) is 10.3. The summed E-state index contributed by atoms with van der Waals surface area (Å²) in [5.74, 6) is 0.518. The van der Waals surface area contributed by atoms with Crippen molar-refractivity contribution in [1.29, 1.82) is 0 Å². The van der Waals surface area contributed by atoms with Gasteiger partial charge in [-0.2, -0.15) is 10.2 Å². The molecule has 5 nitrogen and oxygen atoms in total. The molecule has 0 atom stereocenters. The second-order valence-corrected chi connectivity index (χ2v) is 4.51. The summed E-state index contributed by atoms with van der Waals surface area (Å²) in [6, 6.07) is 1.82. The quantitative estimate of drug-likeness (QED) is 0.820. The second kappa shape index (κ2) is 4.79. The van der Waals surface area contributed by atoms with Crippen molar-refractivity contribution in [3.8, 4) is 0 Å². The predicted molar refractivity (Wildman–Crippen MR) is 64.6 cm³/mol. The summed E-state index contributed by atoms with van der Waals surface area (Å²) in [7, 11) is 0. The SMILES string of the molecule is CCc1nnc(C)cc1C(=O)N1CC(CN)C1. The highest BCUT2D eigenvalue weighted by Gasteiger charge is 2.31. The van der Waals surface area contributed by atoms with Crippen LogP contribution in [-0.4, -0.2) is 40.6 Å². The van der Waals surface area contributed by atoms with E-state index in [9.17, 15) is 4.79 Å². The van der Waals surface area contributed by atoms with Gasteiger partial charge < -0.3 is 10.6 Å². The van der Waals surface area contributed by atoms with Crippen LogP contribution in [0.5, 0.6) is 0 Å². The van der Waals surface area contributed by atoms with Crippen LogP contribution < -0.4 is 5.73 Å². The van der Waals surface area contributed by atoms with Gasteiger partial charge in [-0.3, -0.25) is 4.79 Å². The lowest BCUT2D eigenvalue weighted by Gasteiger charge is -2.38. The average molecular weight is 234 g/mol. The number of carbonyl (C=O) groups is 1. The van der Waals surface area contributed by atoms with Gasteiger partial charge in [0, 0.05) is 19.0 Å². The molecule has 0 bridgehead atoms. The summed E-state index contributed by atoms with van der Waals surface area (Å²) in [4.78, 5) is 14.1. The largest absolute Gasteiger partial charge is 0.338 e. The van der Waals surface area contributed by atoms with Crippen LogP contribution in [0.1, 0.15) is 28.7 Å². The summed E-state index contributed by atoms with van der Waals surface area (Å²) >= 11 is 0. The monoisotopic (exact) mass is 234 g/mol. The van der Waals surface area contributed by atoms with Crippen molar-refractivity contribution >= 4 is 5.91 Å². The summed E-state index contributed by atoms with van der Waals surface area (Å²) in [5.41, 5.74) is 7.80. The Labute approximate surface area is 101 Å². The molecule has 0 spiro atoms. The molecule has 1 aliphatic rings. The van der Waals surface area contributed by atoms with Crippen LogP contribution in [0.15, 0.2) is 6.07 Å². The highest BCUT2D eigenvalue weighted by molar-refractivity contribution is 5.95. The minimum absolute atomic E-state index is 0.0598. The maximum absolute atomic E-state index is 12.2. The number of nitrogens with zero attached hydrogens (tertiary/aromatic N) is 3. The van der Waals surface area contributed by atoms with Crippen molar-refractivity contribution in [1.82, 2.24) is 15.1 Å². The zero-order chi connectivity index (χ0) is 12.4. The third-order valence-electron chi connectivity index (χ3n) is 3.14. The van der Waals surface area contributed by atoms with Gasteiger partial charge in [-0.15, -0.1) is 0 Å². The molecule has 1 saturated heterocycles. The van der Waals surface area contributed by atoms with E-state index in [1.165, 1.54) is 0 Å². The van der Waals surface area contributed by atoms with Gasteiger partial charge in [-0.05, 0) is 26.0 Å². The van der Waals surface area contributed by atoms with Crippen molar-refractivity contribution in [2.45, 2.75) is 20.3 Å². The number of hydrogen-bond acceptors (Lipinski definition) is 4. The molecule has 1 aromatic heterocycles. The maximum atomic E-state index is 12.2. The smallest absolute Gasteiger partial charge is 0.255 e. The van der Waals surface area contributed by atoms with Crippen LogP contribution in [0.4, 0.5) is 0 Å². The fourth-order valence-corrected chi connectivity index (χ4v) is 2.02. The van der Waals surface area contributed by atoms with Gasteiger partial charge in [0.2, 0.25) is 0 Å². The minimum atomic E-state index is 0.0598. The third-order valence-corrected chi connectivity index (χ3v) is 3.14. The van der Waals surface area contributed by atoms with Gasteiger partial charge in [-0.1, -0.05) is 6.92 Å².